The smallest absolute Gasteiger partial charge is 0.250 e. The van der Waals surface area contributed by atoms with Gasteiger partial charge in [-0.05, 0) is 37.3 Å². The number of aromatic nitrogens is 1. The van der Waals surface area contributed by atoms with Gasteiger partial charge >= 0.3 is 0 Å². The maximum atomic E-state index is 11.3. The molecule has 2 rings (SSSR count). The van der Waals surface area contributed by atoms with Crippen molar-refractivity contribution in [3.05, 3.63) is 29.6 Å². The van der Waals surface area contributed by atoms with Crippen LogP contribution in [0.4, 0.5) is 0 Å². The van der Waals surface area contributed by atoms with Crippen LogP contribution in [-0.4, -0.2) is 22.6 Å². The topological polar surface area (TPSA) is 76.2 Å². The fraction of sp³-hybridized carbons (Fsp3) is 0.538. The van der Waals surface area contributed by atoms with Gasteiger partial charge in [0.05, 0.1) is 11.3 Å². The molecular weight excluding hydrogens is 216 g/mol. The molecule has 0 radical (unpaired) electrons. The lowest BCUT2D eigenvalue weighted by Gasteiger charge is -2.28. The van der Waals surface area contributed by atoms with E-state index in [1.54, 1.807) is 18.3 Å². The van der Waals surface area contributed by atoms with Crippen molar-refractivity contribution in [1.29, 1.82) is 0 Å². The van der Waals surface area contributed by atoms with Crippen LogP contribution in [0.1, 0.15) is 47.7 Å². The first-order chi connectivity index (χ1) is 8.22. The second-order valence-corrected chi connectivity index (χ2v) is 4.71. The van der Waals surface area contributed by atoms with E-state index in [9.17, 15) is 9.90 Å². The number of pyridine rings is 1. The minimum absolute atomic E-state index is 0.217. The highest BCUT2D eigenvalue weighted by Gasteiger charge is 2.26. The lowest BCUT2D eigenvalue weighted by Crippen LogP contribution is -2.22. The summed E-state index contributed by atoms with van der Waals surface area (Å²) in [6.07, 6.45) is 5.75. The zero-order chi connectivity index (χ0) is 12.3. The molecule has 0 aliphatic heterocycles. The van der Waals surface area contributed by atoms with Crippen LogP contribution in [0.15, 0.2) is 18.3 Å². The van der Waals surface area contributed by atoms with Crippen LogP contribution >= 0.6 is 0 Å². The highest BCUT2D eigenvalue weighted by atomic mass is 16.3. The number of carbonyl (C=O) groups is 1. The van der Waals surface area contributed by atoms with E-state index in [1.807, 2.05) is 0 Å². The summed E-state index contributed by atoms with van der Waals surface area (Å²) in [5.74, 6) is 0.167. The number of amides is 1. The number of aliphatic hydroxyl groups is 1. The first-order valence-electron chi connectivity index (χ1n) is 6.08. The number of nitrogens with two attached hydrogens (primary N) is 1. The molecule has 1 aliphatic rings. The van der Waals surface area contributed by atoms with Gasteiger partial charge in [-0.3, -0.25) is 9.78 Å². The minimum atomic E-state index is -0.417. The summed E-state index contributed by atoms with van der Waals surface area (Å²) >= 11 is 0. The molecule has 1 aromatic heterocycles. The van der Waals surface area contributed by atoms with Gasteiger partial charge < -0.3 is 10.8 Å². The predicted octanol–water partition coefficient (Wildman–Crippen LogP) is 1.45. The molecule has 1 saturated carbocycles. The first-order valence-corrected chi connectivity index (χ1v) is 6.08. The first kappa shape index (κ1) is 12.0. The Morgan fingerprint density at radius 2 is 2.35 bits per heavy atom. The zero-order valence-electron chi connectivity index (χ0n) is 9.80. The van der Waals surface area contributed by atoms with Gasteiger partial charge in [-0.1, -0.05) is 6.42 Å². The van der Waals surface area contributed by atoms with Crippen molar-refractivity contribution in [1.82, 2.24) is 4.98 Å². The number of hydrogen-bond donors (Lipinski definition) is 2. The average molecular weight is 234 g/mol. The molecule has 2 atom stereocenters. The van der Waals surface area contributed by atoms with Crippen LogP contribution in [0.5, 0.6) is 0 Å². The summed E-state index contributed by atoms with van der Waals surface area (Å²) in [6.45, 7) is 0.217. The Hall–Kier alpha value is -1.42. The van der Waals surface area contributed by atoms with Crippen LogP contribution in [0.3, 0.4) is 0 Å². The summed E-state index contributed by atoms with van der Waals surface area (Å²) < 4.78 is 0. The molecular formula is C13H18N2O2. The van der Waals surface area contributed by atoms with E-state index in [0.29, 0.717) is 11.5 Å². The van der Waals surface area contributed by atoms with Crippen molar-refractivity contribution >= 4 is 5.91 Å². The fourth-order valence-electron chi connectivity index (χ4n) is 2.66. The van der Waals surface area contributed by atoms with E-state index in [2.05, 4.69) is 4.98 Å². The molecule has 3 N–H and O–H groups in total. The van der Waals surface area contributed by atoms with Crippen LogP contribution in [0.2, 0.25) is 0 Å². The molecule has 92 valence electrons. The number of aliphatic hydroxyl groups excluding tert-OH is 1. The van der Waals surface area contributed by atoms with Gasteiger partial charge in [0.1, 0.15) is 0 Å². The van der Waals surface area contributed by atoms with Crippen molar-refractivity contribution in [3.8, 4) is 0 Å². The number of rotatable bonds is 3. The minimum Gasteiger partial charge on any atom is -0.396 e. The monoisotopic (exact) mass is 234 g/mol. The van der Waals surface area contributed by atoms with Gasteiger partial charge in [-0.2, -0.15) is 0 Å². The molecule has 0 bridgehead atoms. The van der Waals surface area contributed by atoms with Gasteiger partial charge in [0, 0.05) is 18.7 Å². The van der Waals surface area contributed by atoms with Crippen LogP contribution in [-0.2, 0) is 0 Å². The highest BCUT2D eigenvalue weighted by molar-refractivity contribution is 5.94. The summed E-state index contributed by atoms with van der Waals surface area (Å²) in [7, 11) is 0. The Bertz CT molecular complexity index is 406. The Balaban J connectivity index is 2.24. The highest BCUT2D eigenvalue weighted by Crippen LogP contribution is 2.36. The lowest BCUT2D eigenvalue weighted by atomic mass is 9.79. The van der Waals surface area contributed by atoms with Crippen LogP contribution < -0.4 is 5.73 Å². The summed E-state index contributed by atoms with van der Waals surface area (Å²) in [6, 6.07) is 3.46. The Morgan fingerprint density at radius 3 is 3.06 bits per heavy atom. The molecule has 0 spiro atoms. The van der Waals surface area contributed by atoms with E-state index in [-0.39, 0.29) is 12.5 Å². The molecule has 0 aromatic carbocycles. The van der Waals surface area contributed by atoms with Crippen molar-refractivity contribution in [2.45, 2.75) is 31.6 Å². The Morgan fingerprint density at radius 1 is 1.53 bits per heavy atom. The lowest BCUT2D eigenvalue weighted by molar-refractivity contribution is 0.0997. The largest absolute Gasteiger partial charge is 0.396 e. The van der Waals surface area contributed by atoms with Crippen LogP contribution in [0, 0.1) is 5.92 Å². The third-order valence-electron chi connectivity index (χ3n) is 3.53. The molecule has 17 heavy (non-hydrogen) atoms. The standard InChI is InChI=1S/C13H18N2O2/c14-13(17)11-5-2-6-15-12(11)10-4-1-3-9(7-10)8-16/h2,5-6,9-10,16H,1,3-4,7-8H2,(H2,14,17). The van der Waals surface area contributed by atoms with Crippen molar-refractivity contribution in [2.24, 2.45) is 11.7 Å². The summed E-state index contributed by atoms with van der Waals surface area (Å²) in [5, 5.41) is 9.22. The Labute approximate surface area is 101 Å². The second-order valence-electron chi connectivity index (χ2n) is 4.71. The predicted molar refractivity (Wildman–Crippen MR) is 64.5 cm³/mol. The van der Waals surface area contributed by atoms with Gasteiger partial charge in [-0.25, -0.2) is 0 Å². The second kappa shape index (κ2) is 5.27. The maximum Gasteiger partial charge on any atom is 0.250 e. The quantitative estimate of drug-likeness (QED) is 0.831. The molecule has 4 heteroatoms. The maximum absolute atomic E-state index is 11.3. The molecule has 4 nitrogen and oxygen atoms in total. The van der Waals surface area contributed by atoms with Crippen molar-refractivity contribution < 1.29 is 9.90 Å². The third kappa shape index (κ3) is 2.64. The van der Waals surface area contributed by atoms with E-state index < -0.39 is 5.91 Å². The molecule has 2 unspecified atom stereocenters. The SMILES string of the molecule is NC(=O)c1cccnc1C1CCCC(CO)C1. The molecule has 0 saturated heterocycles. The third-order valence-corrected chi connectivity index (χ3v) is 3.53. The molecule has 1 aromatic rings. The van der Waals surface area contributed by atoms with Gasteiger partial charge in [0.25, 0.3) is 5.91 Å². The van der Waals surface area contributed by atoms with Crippen molar-refractivity contribution in [2.75, 3.05) is 6.61 Å². The van der Waals surface area contributed by atoms with E-state index in [4.69, 9.17) is 5.73 Å². The van der Waals surface area contributed by atoms with E-state index in [1.165, 1.54) is 0 Å². The molecule has 1 aliphatic carbocycles. The number of nitrogens with zero attached hydrogens (tertiary/aromatic N) is 1. The van der Waals surface area contributed by atoms with E-state index >= 15 is 0 Å². The van der Waals surface area contributed by atoms with Crippen LogP contribution in [0.25, 0.3) is 0 Å². The average Bonchev–Trinajstić information content (AvgIpc) is 2.39. The van der Waals surface area contributed by atoms with Crippen molar-refractivity contribution in [3.63, 3.8) is 0 Å². The number of hydrogen-bond acceptors (Lipinski definition) is 3. The fourth-order valence-corrected chi connectivity index (χ4v) is 2.66. The van der Waals surface area contributed by atoms with Gasteiger partial charge in [0.2, 0.25) is 0 Å². The number of carbonyl (C=O) groups excluding carboxylic acids is 1. The van der Waals surface area contributed by atoms with Gasteiger partial charge in [0.15, 0.2) is 0 Å². The Kier molecular flexibility index (Phi) is 3.74. The van der Waals surface area contributed by atoms with E-state index in [0.717, 1.165) is 31.4 Å². The normalized spacial score (nSPS) is 24.5. The zero-order valence-corrected chi connectivity index (χ0v) is 9.80. The molecule has 1 amide bonds. The number of primary amides is 1. The molecule has 1 fully saturated rings. The summed E-state index contributed by atoms with van der Waals surface area (Å²) in [4.78, 5) is 15.7. The summed E-state index contributed by atoms with van der Waals surface area (Å²) in [5.41, 5.74) is 6.69. The van der Waals surface area contributed by atoms with Gasteiger partial charge in [-0.15, -0.1) is 0 Å². The molecule has 1 heterocycles.